The Morgan fingerprint density at radius 3 is 2.04 bits per heavy atom. The molecule has 2 aliphatic rings. The van der Waals surface area contributed by atoms with Crippen LogP contribution >= 0.6 is 7.82 Å². The molecule has 1 aromatic rings. The van der Waals surface area contributed by atoms with E-state index in [4.69, 9.17) is 15.5 Å². The Morgan fingerprint density at radius 2 is 1.50 bits per heavy atom. The Bertz CT molecular complexity index is 1450. The molecule has 0 unspecified atom stereocenters. The van der Waals surface area contributed by atoms with Crippen LogP contribution in [0, 0.1) is 0 Å². The molecule has 2 aliphatic heterocycles. The second kappa shape index (κ2) is 16.5. The zero-order valence-electron chi connectivity index (χ0n) is 26.5. The lowest BCUT2D eigenvalue weighted by Gasteiger charge is -2.31. The number of nitrogens with two attached hydrogens (primary N) is 1. The van der Waals surface area contributed by atoms with Crippen molar-refractivity contribution >= 4 is 49.2 Å². The first-order valence-electron chi connectivity index (χ1n) is 15.3. The summed E-state index contributed by atoms with van der Waals surface area (Å²) in [6.45, 7) is 2.99. The minimum atomic E-state index is -4.77. The van der Waals surface area contributed by atoms with E-state index >= 15 is 0 Å². The smallest absolute Gasteiger partial charge is 0.481 e. The van der Waals surface area contributed by atoms with Crippen molar-refractivity contribution < 1.29 is 57.5 Å². The number of hydrogen-bond donors (Lipinski definition) is 7. The van der Waals surface area contributed by atoms with Gasteiger partial charge >= 0.3 is 13.8 Å². The van der Waals surface area contributed by atoms with E-state index in [9.17, 15) is 43.2 Å². The number of amides is 6. The molecule has 0 bridgehead atoms. The van der Waals surface area contributed by atoms with Crippen LogP contribution in [0.1, 0.15) is 57.9 Å². The van der Waals surface area contributed by atoms with Gasteiger partial charge in [0.05, 0.1) is 0 Å². The van der Waals surface area contributed by atoms with E-state index in [1.807, 2.05) is 0 Å². The molecule has 0 spiro atoms. The predicted molar refractivity (Wildman–Crippen MR) is 165 cm³/mol. The molecule has 3 rings (SSSR count). The second-order valence-electron chi connectivity index (χ2n) is 11.7. The number of aliphatic carboxylic acids is 1. The first-order valence-corrected chi connectivity index (χ1v) is 16.8. The minimum Gasteiger partial charge on any atom is -0.481 e. The third-order valence-electron chi connectivity index (χ3n) is 7.97. The van der Waals surface area contributed by atoms with Crippen molar-refractivity contribution in [1.82, 2.24) is 25.8 Å². The van der Waals surface area contributed by atoms with Gasteiger partial charge in [0, 0.05) is 32.9 Å². The number of rotatable bonds is 15. The van der Waals surface area contributed by atoms with Crippen molar-refractivity contribution in [2.24, 2.45) is 5.73 Å². The van der Waals surface area contributed by atoms with Crippen LogP contribution in [0.25, 0.3) is 0 Å². The first-order chi connectivity index (χ1) is 22.5. The third kappa shape index (κ3) is 10.7. The summed E-state index contributed by atoms with van der Waals surface area (Å²) in [4.78, 5) is 109. The van der Waals surface area contributed by atoms with Crippen LogP contribution in [0.3, 0.4) is 0 Å². The summed E-state index contributed by atoms with van der Waals surface area (Å²) in [7, 11) is -4.77. The van der Waals surface area contributed by atoms with Crippen molar-refractivity contribution in [3.63, 3.8) is 0 Å². The average Bonchev–Trinajstić information content (AvgIpc) is 3.69. The first kappa shape index (κ1) is 37.9. The Balaban J connectivity index is 1.68. The van der Waals surface area contributed by atoms with Gasteiger partial charge in [-0.2, -0.15) is 0 Å². The van der Waals surface area contributed by atoms with E-state index in [-0.39, 0.29) is 38.1 Å². The van der Waals surface area contributed by atoms with Crippen LogP contribution < -0.4 is 26.2 Å². The average molecular weight is 697 g/mol. The normalized spacial score (nSPS) is 19.5. The molecule has 19 heteroatoms. The van der Waals surface area contributed by atoms with Crippen LogP contribution in [0.5, 0.6) is 5.75 Å². The number of phosphoric acid groups is 1. The number of likely N-dealkylation sites (tertiary alicyclic amines) is 2. The fraction of sp³-hybridized carbons (Fsp3) is 0.552. The van der Waals surface area contributed by atoms with E-state index in [2.05, 4.69) is 20.5 Å². The molecule has 0 aromatic heterocycles. The Hall–Kier alpha value is -4.54. The fourth-order valence-electron chi connectivity index (χ4n) is 5.76. The summed E-state index contributed by atoms with van der Waals surface area (Å²) < 4.78 is 15.6. The fourth-order valence-corrected chi connectivity index (χ4v) is 6.16. The third-order valence-corrected chi connectivity index (χ3v) is 8.42. The van der Waals surface area contributed by atoms with Gasteiger partial charge in [0.1, 0.15) is 36.0 Å². The standard InChI is InChI=1S/C29H41N6O12P/c1-16(31-26(40)21(32-17(2)36)15-18-7-9-19(10-8-18)47-48(44,45)46)28(42)35-14-4-6-23(35)27(41)33-20(11-12-24(37)38)29(43)34-13-3-5-22(34)25(30)39/h7-10,16,20-23H,3-6,11-15H2,1-2H3,(H2,30,39)(H,31,40)(H,32,36)(H,33,41)(H,37,38)(H2,44,45,46)/t16-,20-,21-,22-,23-/m0/s1. The number of carbonyl (C=O) groups excluding carboxylic acids is 6. The molecular formula is C29H41N6O12P. The number of carboxylic acid groups (broad SMARTS) is 1. The van der Waals surface area contributed by atoms with Crippen LogP contribution in [0.2, 0.25) is 0 Å². The Labute approximate surface area is 275 Å². The highest BCUT2D eigenvalue weighted by Gasteiger charge is 2.41. The molecule has 2 saturated heterocycles. The molecule has 1 aromatic carbocycles. The highest BCUT2D eigenvalue weighted by molar-refractivity contribution is 7.46. The summed E-state index contributed by atoms with van der Waals surface area (Å²) >= 11 is 0. The molecule has 5 atom stereocenters. The van der Waals surface area contributed by atoms with E-state index in [1.165, 1.54) is 47.9 Å². The SMILES string of the molecule is CC(=O)N[C@@H](Cc1ccc(OP(=O)(O)O)cc1)C(=O)N[C@@H](C)C(=O)N1CCC[C@H]1C(=O)N[C@@H](CCC(=O)O)C(=O)N1CCC[C@H]1C(N)=O. The highest BCUT2D eigenvalue weighted by atomic mass is 31.2. The monoisotopic (exact) mass is 696 g/mol. The predicted octanol–water partition coefficient (Wildman–Crippen LogP) is -1.47. The van der Waals surface area contributed by atoms with Crippen molar-refractivity contribution in [3.8, 4) is 5.75 Å². The number of phosphoric ester groups is 1. The molecule has 2 fully saturated rings. The van der Waals surface area contributed by atoms with Crippen molar-refractivity contribution in [2.45, 2.75) is 89.0 Å². The van der Waals surface area contributed by atoms with Crippen molar-refractivity contribution in [1.29, 1.82) is 0 Å². The van der Waals surface area contributed by atoms with Gasteiger partial charge in [-0.25, -0.2) is 4.57 Å². The van der Waals surface area contributed by atoms with Gasteiger partial charge < -0.3 is 41.1 Å². The maximum atomic E-state index is 13.5. The molecular weight excluding hydrogens is 655 g/mol. The van der Waals surface area contributed by atoms with Crippen molar-refractivity contribution in [3.05, 3.63) is 29.8 Å². The Kier molecular flexibility index (Phi) is 13.1. The lowest BCUT2D eigenvalue weighted by Crippen LogP contribution is -2.58. The number of hydrogen-bond acceptors (Lipinski definition) is 9. The number of benzene rings is 1. The quantitative estimate of drug-likeness (QED) is 0.104. The maximum Gasteiger partial charge on any atom is 0.524 e. The Morgan fingerprint density at radius 1 is 0.917 bits per heavy atom. The van der Waals surface area contributed by atoms with E-state index in [0.29, 0.717) is 24.8 Å². The van der Waals surface area contributed by atoms with E-state index < -0.39 is 85.9 Å². The minimum absolute atomic E-state index is 0.0450. The summed E-state index contributed by atoms with van der Waals surface area (Å²) in [6.07, 6.45) is 0.792. The number of nitrogens with one attached hydrogen (secondary N) is 3. The molecule has 0 aliphatic carbocycles. The molecule has 8 N–H and O–H groups in total. The molecule has 18 nitrogen and oxygen atoms in total. The van der Waals surface area contributed by atoms with Crippen LogP contribution in [0.15, 0.2) is 24.3 Å². The van der Waals surface area contributed by atoms with E-state index in [1.54, 1.807) is 0 Å². The van der Waals surface area contributed by atoms with Gasteiger partial charge in [-0.1, -0.05) is 12.1 Å². The highest BCUT2D eigenvalue weighted by Crippen LogP contribution is 2.37. The zero-order valence-corrected chi connectivity index (χ0v) is 27.4. The molecule has 0 saturated carbocycles. The molecule has 2 heterocycles. The molecule has 264 valence electrons. The topological polar surface area (TPSA) is 275 Å². The summed E-state index contributed by atoms with van der Waals surface area (Å²) in [5.41, 5.74) is 5.93. The number of nitrogens with zero attached hydrogens (tertiary/aromatic N) is 2. The van der Waals surface area contributed by atoms with Gasteiger partial charge in [-0.05, 0) is 56.7 Å². The summed E-state index contributed by atoms with van der Waals surface area (Å²) in [6, 6.07) is -0.0137. The maximum absolute atomic E-state index is 13.5. The molecule has 0 radical (unpaired) electrons. The van der Waals surface area contributed by atoms with Crippen molar-refractivity contribution in [2.75, 3.05) is 13.1 Å². The zero-order chi connectivity index (χ0) is 35.8. The lowest BCUT2D eigenvalue weighted by atomic mass is 10.0. The largest absolute Gasteiger partial charge is 0.524 e. The van der Waals surface area contributed by atoms with Gasteiger partial charge in [0.2, 0.25) is 35.4 Å². The summed E-state index contributed by atoms with van der Waals surface area (Å²) in [5, 5.41) is 16.8. The van der Waals surface area contributed by atoms with Gasteiger partial charge in [0.15, 0.2) is 0 Å². The van der Waals surface area contributed by atoms with E-state index in [0.717, 1.165) is 0 Å². The summed E-state index contributed by atoms with van der Waals surface area (Å²) in [5.74, 6) is -5.20. The van der Waals surface area contributed by atoms with Gasteiger partial charge in [-0.15, -0.1) is 0 Å². The number of primary amides is 1. The van der Waals surface area contributed by atoms with Crippen LogP contribution in [-0.4, -0.2) is 109 Å². The van der Waals surface area contributed by atoms with Crippen LogP contribution in [0.4, 0.5) is 0 Å². The molecule has 48 heavy (non-hydrogen) atoms. The number of carboxylic acids is 1. The number of carbonyl (C=O) groups is 7. The van der Waals surface area contributed by atoms with Crippen LogP contribution in [-0.2, 0) is 44.5 Å². The van der Waals surface area contributed by atoms with Gasteiger partial charge in [-0.3, -0.25) is 43.3 Å². The second-order valence-corrected chi connectivity index (χ2v) is 12.9. The lowest BCUT2D eigenvalue weighted by molar-refractivity contribution is -0.144. The molecule has 6 amide bonds. The van der Waals surface area contributed by atoms with Gasteiger partial charge in [0.25, 0.3) is 0 Å².